The Bertz CT molecular complexity index is 1020. The average molecular weight is 393 g/mol. The quantitative estimate of drug-likeness (QED) is 0.364. The van der Waals surface area contributed by atoms with E-state index in [9.17, 15) is 14.9 Å². The van der Waals surface area contributed by atoms with Gasteiger partial charge in [0.25, 0.3) is 11.6 Å². The summed E-state index contributed by atoms with van der Waals surface area (Å²) in [5.74, 6) is 1.29. The molecule has 0 radical (unpaired) electrons. The highest BCUT2D eigenvalue weighted by molar-refractivity contribution is 5.94. The Morgan fingerprint density at radius 2 is 1.79 bits per heavy atom. The van der Waals surface area contributed by atoms with Crippen LogP contribution in [0.4, 0.5) is 5.69 Å². The number of hydrogen-bond donors (Lipinski definition) is 1. The van der Waals surface area contributed by atoms with Crippen molar-refractivity contribution in [1.29, 1.82) is 0 Å². The van der Waals surface area contributed by atoms with Gasteiger partial charge in [-0.1, -0.05) is 0 Å². The third-order valence-corrected chi connectivity index (χ3v) is 3.84. The van der Waals surface area contributed by atoms with Crippen molar-refractivity contribution in [3.63, 3.8) is 0 Å². The van der Waals surface area contributed by atoms with E-state index in [4.69, 9.17) is 9.15 Å². The molecule has 0 aliphatic heterocycles. The zero-order chi connectivity index (χ0) is 20.8. The van der Waals surface area contributed by atoms with Gasteiger partial charge in [0.2, 0.25) is 0 Å². The molecule has 0 unspecified atom stereocenters. The first kappa shape index (κ1) is 19.8. The molecule has 2 aromatic carbocycles. The number of rotatable bonds is 7. The van der Waals surface area contributed by atoms with Crippen molar-refractivity contribution in [3.8, 4) is 17.1 Å². The molecule has 8 nitrogen and oxygen atoms in total. The lowest BCUT2D eigenvalue weighted by molar-refractivity contribution is -0.384. The fraction of sp³-hybridized carbons (Fsp3) is 0.143. The minimum absolute atomic E-state index is 0.00797. The highest BCUT2D eigenvalue weighted by Crippen LogP contribution is 2.24. The molecule has 1 heterocycles. The number of nitrogens with one attached hydrogen (secondary N) is 1. The summed E-state index contributed by atoms with van der Waals surface area (Å²) in [4.78, 5) is 22.4. The van der Waals surface area contributed by atoms with E-state index >= 15 is 0 Å². The van der Waals surface area contributed by atoms with Crippen LogP contribution in [-0.4, -0.2) is 23.1 Å². The van der Waals surface area contributed by atoms with Crippen molar-refractivity contribution in [3.05, 3.63) is 82.1 Å². The molecule has 1 N–H and O–H groups in total. The number of furan rings is 1. The predicted molar refractivity (Wildman–Crippen MR) is 108 cm³/mol. The number of carbonyl (C=O) groups is 1. The van der Waals surface area contributed by atoms with E-state index in [2.05, 4.69) is 10.5 Å². The summed E-state index contributed by atoms with van der Waals surface area (Å²) in [7, 11) is 0. The van der Waals surface area contributed by atoms with Crippen LogP contribution >= 0.6 is 0 Å². The minimum Gasteiger partial charge on any atom is -0.491 e. The molecule has 0 aliphatic rings. The number of carbonyl (C=O) groups excluding carboxylic acids is 1. The second-order valence-electron chi connectivity index (χ2n) is 6.40. The Kier molecular flexibility index (Phi) is 6.03. The first-order chi connectivity index (χ1) is 13.9. The van der Waals surface area contributed by atoms with Crippen LogP contribution in [0.1, 0.15) is 30.0 Å². The molecule has 0 bridgehead atoms. The van der Waals surface area contributed by atoms with Crippen LogP contribution in [0.25, 0.3) is 11.3 Å². The van der Waals surface area contributed by atoms with E-state index in [1.807, 2.05) is 13.8 Å². The topological polar surface area (TPSA) is 107 Å². The number of ether oxygens (including phenoxy) is 1. The molecule has 3 rings (SSSR count). The standard InChI is InChI=1S/C21H19N3O5/c1-14(2)28-18-9-5-16(6-10-18)21(25)23-22-13-19-11-12-20(29-19)15-3-7-17(8-4-15)24(26)27/h3-14H,1-2H3,(H,23,25)/b22-13-. The van der Waals surface area contributed by atoms with Gasteiger partial charge in [-0.15, -0.1) is 0 Å². The fourth-order valence-corrected chi connectivity index (χ4v) is 2.50. The molecule has 0 spiro atoms. The second kappa shape index (κ2) is 8.83. The number of nitrogens with zero attached hydrogens (tertiary/aromatic N) is 2. The smallest absolute Gasteiger partial charge is 0.271 e. The molecule has 148 valence electrons. The van der Waals surface area contributed by atoms with Crippen molar-refractivity contribution in [1.82, 2.24) is 5.43 Å². The van der Waals surface area contributed by atoms with Crippen LogP contribution < -0.4 is 10.2 Å². The van der Waals surface area contributed by atoms with Crippen molar-refractivity contribution in [2.45, 2.75) is 20.0 Å². The second-order valence-corrected chi connectivity index (χ2v) is 6.40. The van der Waals surface area contributed by atoms with Crippen LogP contribution in [0.3, 0.4) is 0 Å². The molecule has 1 aromatic heterocycles. The van der Waals surface area contributed by atoms with Gasteiger partial charge in [-0.25, -0.2) is 5.43 Å². The summed E-state index contributed by atoms with van der Waals surface area (Å²) < 4.78 is 11.2. The monoisotopic (exact) mass is 393 g/mol. The van der Waals surface area contributed by atoms with Gasteiger partial charge >= 0.3 is 0 Å². The molecule has 8 heteroatoms. The molecule has 3 aromatic rings. The van der Waals surface area contributed by atoms with Crippen molar-refractivity contribution in [2.24, 2.45) is 5.10 Å². The molecule has 1 amide bonds. The molecular formula is C21H19N3O5. The highest BCUT2D eigenvalue weighted by Gasteiger charge is 2.08. The zero-order valence-electron chi connectivity index (χ0n) is 15.9. The Balaban J connectivity index is 1.59. The Morgan fingerprint density at radius 1 is 1.10 bits per heavy atom. The normalized spacial score (nSPS) is 11.0. The summed E-state index contributed by atoms with van der Waals surface area (Å²) in [6, 6.07) is 16.2. The van der Waals surface area contributed by atoms with Gasteiger partial charge < -0.3 is 9.15 Å². The minimum atomic E-state index is -0.461. The third-order valence-electron chi connectivity index (χ3n) is 3.84. The number of hydrazone groups is 1. The predicted octanol–water partition coefficient (Wildman–Crippen LogP) is 4.41. The van der Waals surface area contributed by atoms with E-state index < -0.39 is 4.92 Å². The Hall–Kier alpha value is -3.94. The largest absolute Gasteiger partial charge is 0.491 e. The lowest BCUT2D eigenvalue weighted by Crippen LogP contribution is -2.17. The summed E-state index contributed by atoms with van der Waals surface area (Å²) >= 11 is 0. The van der Waals surface area contributed by atoms with Gasteiger partial charge in [-0.3, -0.25) is 14.9 Å². The molecule has 0 saturated carbocycles. The van der Waals surface area contributed by atoms with E-state index in [-0.39, 0.29) is 17.7 Å². The molecular weight excluding hydrogens is 374 g/mol. The maximum Gasteiger partial charge on any atom is 0.271 e. The lowest BCUT2D eigenvalue weighted by Gasteiger charge is -2.09. The number of benzene rings is 2. The number of non-ortho nitro benzene ring substituents is 1. The van der Waals surface area contributed by atoms with E-state index in [0.29, 0.717) is 28.4 Å². The number of amides is 1. The van der Waals surface area contributed by atoms with E-state index in [0.717, 1.165) is 0 Å². The molecule has 0 fully saturated rings. The first-order valence-corrected chi connectivity index (χ1v) is 8.87. The summed E-state index contributed by atoms with van der Waals surface area (Å²) in [6.07, 6.45) is 1.44. The van der Waals surface area contributed by atoms with Crippen LogP contribution in [0.5, 0.6) is 5.75 Å². The van der Waals surface area contributed by atoms with Gasteiger partial charge in [0, 0.05) is 23.3 Å². The number of hydrogen-bond acceptors (Lipinski definition) is 6. The van der Waals surface area contributed by atoms with Crippen molar-refractivity contribution >= 4 is 17.8 Å². The first-order valence-electron chi connectivity index (χ1n) is 8.87. The SMILES string of the molecule is CC(C)Oc1ccc(C(=O)N/N=C\c2ccc(-c3ccc([N+](=O)[O-])cc3)o2)cc1. The summed E-state index contributed by atoms with van der Waals surface area (Å²) in [5.41, 5.74) is 3.58. The van der Waals surface area contributed by atoms with Crippen molar-refractivity contribution < 1.29 is 18.9 Å². The highest BCUT2D eigenvalue weighted by atomic mass is 16.6. The maximum absolute atomic E-state index is 12.1. The van der Waals surface area contributed by atoms with E-state index in [1.165, 1.54) is 18.3 Å². The van der Waals surface area contributed by atoms with Crippen LogP contribution in [0.2, 0.25) is 0 Å². The lowest BCUT2D eigenvalue weighted by atomic mass is 10.1. The molecule has 29 heavy (non-hydrogen) atoms. The zero-order valence-corrected chi connectivity index (χ0v) is 15.9. The van der Waals surface area contributed by atoms with Crippen LogP contribution in [0.15, 0.2) is 70.2 Å². The summed E-state index contributed by atoms with van der Waals surface area (Å²) in [5, 5.41) is 14.6. The van der Waals surface area contributed by atoms with Gasteiger partial charge in [-0.2, -0.15) is 5.10 Å². The Labute approximate surface area is 167 Å². The van der Waals surface area contributed by atoms with Crippen molar-refractivity contribution in [2.75, 3.05) is 0 Å². The van der Waals surface area contributed by atoms with Gasteiger partial charge in [-0.05, 0) is 62.4 Å². The third kappa shape index (κ3) is 5.29. The maximum atomic E-state index is 12.1. The van der Waals surface area contributed by atoms with Gasteiger partial charge in [0.15, 0.2) is 0 Å². The van der Waals surface area contributed by atoms with Gasteiger partial charge in [0.1, 0.15) is 17.3 Å². The fourth-order valence-electron chi connectivity index (χ4n) is 2.50. The van der Waals surface area contributed by atoms with Crippen LogP contribution in [-0.2, 0) is 0 Å². The number of nitro groups is 1. The summed E-state index contributed by atoms with van der Waals surface area (Å²) in [6.45, 7) is 3.86. The molecule has 0 saturated heterocycles. The molecule has 0 aliphatic carbocycles. The Morgan fingerprint density at radius 3 is 2.41 bits per heavy atom. The number of nitro benzene ring substituents is 1. The average Bonchev–Trinajstić information content (AvgIpc) is 3.17. The van der Waals surface area contributed by atoms with Gasteiger partial charge in [0.05, 0.1) is 17.2 Å². The van der Waals surface area contributed by atoms with Crippen LogP contribution in [0, 0.1) is 10.1 Å². The molecule has 0 atom stereocenters. The van der Waals surface area contributed by atoms with E-state index in [1.54, 1.807) is 48.5 Å².